The largest absolute Gasteiger partial charge is 0.483 e. The minimum absolute atomic E-state index is 0.170. The van der Waals surface area contributed by atoms with Gasteiger partial charge >= 0.3 is 0 Å². The fourth-order valence-electron chi connectivity index (χ4n) is 2.00. The Bertz CT molecular complexity index is 489. The van der Waals surface area contributed by atoms with Crippen molar-refractivity contribution >= 4 is 11.8 Å². The number of rotatable bonds is 4. The molecular formula is C13H16N2O4. The molecule has 0 aromatic heterocycles. The second-order valence-corrected chi connectivity index (χ2v) is 4.43. The van der Waals surface area contributed by atoms with Gasteiger partial charge < -0.3 is 20.5 Å². The molecule has 1 aromatic rings. The van der Waals surface area contributed by atoms with E-state index in [-0.39, 0.29) is 18.1 Å². The fourth-order valence-corrected chi connectivity index (χ4v) is 2.00. The highest BCUT2D eigenvalue weighted by Crippen LogP contribution is 2.17. The first-order valence-corrected chi connectivity index (χ1v) is 6.05. The molecule has 1 atom stereocenters. The zero-order chi connectivity index (χ0) is 13.8. The van der Waals surface area contributed by atoms with E-state index in [2.05, 4.69) is 0 Å². The van der Waals surface area contributed by atoms with Crippen molar-refractivity contribution in [3.8, 4) is 5.75 Å². The number of nitrogens with zero attached hydrogens (tertiary/aromatic N) is 1. The predicted molar refractivity (Wildman–Crippen MR) is 67.7 cm³/mol. The Morgan fingerprint density at radius 2 is 2.16 bits per heavy atom. The van der Waals surface area contributed by atoms with Crippen LogP contribution in [0.5, 0.6) is 5.75 Å². The Balaban J connectivity index is 1.95. The number of benzene rings is 1. The Morgan fingerprint density at radius 3 is 2.79 bits per heavy atom. The van der Waals surface area contributed by atoms with Gasteiger partial charge in [-0.05, 0) is 18.6 Å². The molecule has 1 fully saturated rings. The molecule has 2 rings (SSSR count). The van der Waals surface area contributed by atoms with Crippen LogP contribution in [0, 0.1) is 0 Å². The number of β-amino-alcohol motifs (C(OH)–C–C–N with tert-alkyl or cyclic N) is 1. The number of likely N-dealkylation sites (tertiary alicyclic amines) is 1. The van der Waals surface area contributed by atoms with E-state index in [0.29, 0.717) is 25.3 Å². The Kier molecular flexibility index (Phi) is 4.01. The molecule has 0 saturated carbocycles. The molecular weight excluding hydrogens is 248 g/mol. The molecule has 1 aliphatic heterocycles. The zero-order valence-corrected chi connectivity index (χ0v) is 10.4. The van der Waals surface area contributed by atoms with Crippen molar-refractivity contribution in [2.45, 2.75) is 12.5 Å². The summed E-state index contributed by atoms with van der Waals surface area (Å²) in [6.45, 7) is 0.692. The van der Waals surface area contributed by atoms with E-state index < -0.39 is 12.0 Å². The van der Waals surface area contributed by atoms with Crippen molar-refractivity contribution in [2.75, 3.05) is 19.7 Å². The number of carbonyl (C=O) groups is 2. The molecule has 0 aliphatic carbocycles. The predicted octanol–water partition coefficient (Wildman–Crippen LogP) is -0.243. The van der Waals surface area contributed by atoms with Crippen molar-refractivity contribution in [2.24, 2.45) is 5.73 Å². The summed E-state index contributed by atoms with van der Waals surface area (Å²) < 4.78 is 5.33. The molecule has 2 amide bonds. The maximum Gasteiger partial charge on any atom is 0.260 e. The van der Waals surface area contributed by atoms with Crippen molar-refractivity contribution < 1.29 is 19.4 Å². The number of hydrogen-bond donors (Lipinski definition) is 2. The van der Waals surface area contributed by atoms with Crippen molar-refractivity contribution in [1.29, 1.82) is 0 Å². The molecule has 1 heterocycles. The summed E-state index contributed by atoms with van der Waals surface area (Å²) in [5.74, 6) is -0.515. The number of amides is 2. The second kappa shape index (κ2) is 5.71. The van der Waals surface area contributed by atoms with Gasteiger partial charge in [0, 0.05) is 13.1 Å². The third-order valence-electron chi connectivity index (χ3n) is 3.02. The van der Waals surface area contributed by atoms with Gasteiger partial charge in [-0.3, -0.25) is 9.59 Å². The number of aliphatic hydroxyl groups is 1. The molecule has 1 aliphatic rings. The molecule has 1 saturated heterocycles. The first kappa shape index (κ1) is 13.4. The molecule has 0 spiro atoms. The molecule has 3 N–H and O–H groups in total. The number of aliphatic hydroxyl groups excluding tert-OH is 1. The van der Waals surface area contributed by atoms with Crippen molar-refractivity contribution in [3.05, 3.63) is 29.8 Å². The van der Waals surface area contributed by atoms with Crippen LogP contribution in [0.1, 0.15) is 16.8 Å². The van der Waals surface area contributed by atoms with Gasteiger partial charge in [-0.1, -0.05) is 12.1 Å². The van der Waals surface area contributed by atoms with Gasteiger partial charge in [-0.2, -0.15) is 0 Å². The van der Waals surface area contributed by atoms with Gasteiger partial charge in [-0.25, -0.2) is 0 Å². The smallest absolute Gasteiger partial charge is 0.260 e. The maximum absolute atomic E-state index is 11.8. The summed E-state index contributed by atoms with van der Waals surface area (Å²) in [6, 6.07) is 6.51. The SMILES string of the molecule is NC(=O)c1ccccc1OCC(=O)N1CCC(O)C1. The number of para-hydroxylation sites is 1. The summed E-state index contributed by atoms with van der Waals surface area (Å²) in [5.41, 5.74) is 5.46. The van der Waals surface area contributed by atoms with E-state index in [1.54, 1.807) is 24.3 Å². The molecule has 6 heteroatoms. The minimum atomic E-state index is -0.598. The van der Waals surface area contributed by atoms with E-state index >= 15 is 0 Å². The monoisotopic (exact) mass is 264 g/mol. The zero-order valence-electron chi connectivity index (χ0n) is 10.4. The number of hydrogen-bond acceptors (Lipinski definition) is 4. The van der Waals surface area contributed by atoms with E-state index in [1.807, 2.05) is 0 Å². The van der Waals surface area contributed by atoms with Gasteiger partial charge in [0.25, 0.3) is 11.8 Å². The van der Waals surface area contributed by atoms with Gasteiger partial charge in [0.05, 0.1) is 11.7 Å². The van der Waals surface area contributed by atoms with Crippen LogP contribution in [0.25, 0.3) is 0 Å². The summed E-state index contributed by atoms with van der Waals surface area (Å²) in [7, 11) is 0. The molecule has 102 valence electrons. The first-order chi connectivity index (χ1) is 9.08. The Hall–Kier alpha value is -2.08. The van der Waals surface area contributed by atoms with Gasteiger partial charge in [0.1, 0.15) is 5.75 Å². The average Bonchev–Trinajstić information content (AvgIpc) is 2.83. The van der Waals surface area contributed by atoms with E-state index in [1.165, 1.54) is 4.90 Å². The molecule has 19 heavy (non-hydrogen) atoms. The lowest BCUT2D eigenvalue weighted by Crippen LogP contribution is -2.33. The highest BCUT2D eigenvalue weighted by molar-refractivity contribution is 5.95. The summed E-state index contributed by atoms with van der Waals surface area (Å²) in [4.78, 5) is 24.5. The first-order valence-electron chi connectivity index (χ1n) is 6.05. The molecule has 0 bridgehead atoms. The fraction of sp³-hybridized carbons (Fsp3) is 0.385. The topological polar surface area (TPSA) is 92.9 Å². The lowest BCUT2D eigenvalue weighted by molar-refractivity contribution is -0.132. The Morgan fingerprint density at radius 1 is 1.42 bits per heavy atom. The van der Waals surface area contributed by atoms with Crippen LogP contribution in [0.3, 0.4) is 0 Å². The average molecular weight is 264 g/mol. The van der Waals surface area contributed by atoms with Crippen LogP contribution in [0.2, 0.25) is 0 Å². The van der Waals surface area contributed by atoms with Crippen LogP contribution in [0.4, 0.5) is 0 Å². The van der Waals surface area contributed by atoms with Crippen LogP contribution in [-0.4, -0.2) is 47.6 Å². The van der Waals surface area contributed by atoms with Crippen molar-refractivity contribution in [3.63, 3.8) is 0 Å². The number of carbonyl (C=O) groups excluding carboxylic acids is 2. The van der Waals surface area contributed by atoms with E-state index in [0.717, 1.165) is 0 Å². The normalized spacial score (nSPS) is 18.4. The lowest BCUT2D eigenvalue weighted by atomic mass is 10.2. The van der Waals surface area contributed by atoms with Crippen LogP contribution in [0.15, 0.2) is 24.3 Å². The number of nitrogens with two attached hydrogens (primary N) is 1. The van der Waals surface area contributed by atoms with Crippen LogP contribution in [-0.2, 0) is 4.79 Å². The maximum atomic E-state index is 11.8. The van der Waals surface area contributed by atoms with Gasteiger partial charge in [0.2, 0.25) is 0 Å². The summed E-state index contributed by atoms with van der Waals surface area (Å²) in [5, 5.41) is 9.35. The van der Waals surface area contributed by atoms with Gasteiger partial charge in [-0.15, -0.1) is 0 Å². The summed E-state index contributed by atoms with van der Waals surface area (Å²) in [6.07, 6.45) is 0.130. The molecule has 1 unspecified atom stereocenters. The highest BCUT2D eigenvalue weighted by atomic mass is 16.5. The highest BCUT2D eigenvalue weighted by Gasteiger charge is 2.24. The number of ether oxygens (including phenoxy) is 1. The molecule has 1 aromatic carbocycles. The third kappa shape index (κ3) is 3.23. The van der Waals surface area contributed by atoms with Crippen LogP contribution < -0.4 is 10.5 Å². The van der Waals surface area contributed by atoms with E-state index in [4.69, 9.17) is 10.5 Å². The summed E-state index contributed by atoms with van der Waals surface area (Å²) >= 11 is 0. The molecule has 6 nitrogen and oxygen atoms in total. The molecule has 0 radical (unpaired) electrons. The van der Waals surface area contributed by atoms with Crippen LogP contribution >= 0.6 is 0 Å². The standard InChI is InChI=1S/C13H16N2O4/c14-13(18)10-3-1-2-4-11(10)19-8-12(17)15-6-5-9(16)7-15/h1-4,9,16H,5-8H2,(H2,14,18). The lowest BCUT2D eigenvalue weighted by Gasteiger charge is -2.16. The van der Waals surface area contributed by atoms with Gasteiger partial charge in [0.15, 0.2) is 6.61 Å². The third-order valence-corrected chi connectivity index (χ3v) is 3.02. The van der Waals surface area contributed by atoms with E-state index in [9.17, 15) is 14.7 Å². The minimum Gasteiger partial charge on any atom is -0.483 e. The Labute approximate surface area is 110 Å². The number of primary amides is 1. The quantitative estimate of drug-likeness (QED) is 0.784. The second-order valence-electron chi connectivity index (χ2n) is 4.43. The van der Waals surface area contributed by atoms with Crippen molar-refractivity contribution in [1.82, 2.24) is 4.90 Å².